The van der Waals surface area contributed by atoms with Gasteiger partial charge in [-0.3, -0.25) is 0 Å². The first kappa shape index (κ1) is 14.8. The predicted octanol–water partition coefficient (Wildman–Crippen LogP) is 6.55. The molecule has 0 atom stereocenters. The molecule has 0 bridgehead atoms. The number of rotatable bonds is 4. The van der Waals surface area contributed by atoms with Crippen molar-refractivity contribution in [3.8, 4) is 11.1 Å². The maximum Gasteiger partial charge on any atom is 0.0494 e. The van der Waals surface area contributed by atoms with Crippen LogP contribution < -0.4 is 5.32 Å². The van der Waals surface area contributed by atoms with Crippen molar-refractivity contribution >= 4 is 48.9 Å². The van der Waals surface area contributed by atoms with E-state index in [4.69, 9.17) is 0 Å². The summed E-state index contributed by atoms with van der Waals surface area (Å²) in [5.74, 6) is 0. The highest BCUT2D eigenvalue weighted by atomic mass is 79.9. The molecule has 21 heavy (non-hydrogen) atoms. The van der Waals surface area contributed by atoms with E-state index in [-0.39, 0.29) is 0 Å². The molecule has 1 heterocycles. The highest BCUT2D eigenvalue weighted by molar-refractivity contribution is 9.11. The van der Waals surface area contributed by atoms with E-state index in [9.17, 15) is 0 Å². The number of anilines is 1. The van der Waals surface area contributed by atoms with Crippen molar-refractivity contribution in [2.24, 2.45) is 0 Å². The third-order valence-electron chi connectivity index (χ3n) is 3.15. The van der Waals surface area contributed by atoms with E-state index in [0.29, 0.717) is 0 Å². The Labute approximate surface area is 145 Å². The average molecular weight is 423 g/mol. The first-order valence-corrected chi connectivity index (χ1v) is 9.01. The number of halogens is 2. The normalized spacial score (nSPS) is 10.6. The standard InChI is InChI=1S/C17H13Br2NS/c18-14-6-7-17(16(19)9-14)20-10-15-8-13(11-21-15)12-4-2-1-3-5-12/h1-9,11,20H,10H2. The summed E-state index contributed by atoms with van der Waals surface area (Å²) in [5, 5.41) is 5.68. The van der Waals surface area contributed by atoms with E-state index in [1.807, 2.05) is 18.2 Å². The molecule has 106 valence electrons. The molecule has 0 spiro atoms. The van der Waals surface area contributed by atoms with Crippen LogP contribution in [0.15, 0.2) is 68.9 Å². The van der Waals surface area contributed by atoms with Gasteiger partial charge in [-0.2, -0.15) is 0 Å². The van der Waals surface area contributed by atoms with E-state index in [1.165, 1.54) is 16.0 Å². The van der Waals surface area contributed by atoms with Crippen LogP contribution in [0.2, 0.25) is 0 Å². The Hall–Kier alpha value is -1.10. The molecule has 2 aromatic carbocycles. The van der Waals surface area contributed by atoms with Crippen molar-refractivity contribution in [2.75, 3.05) is 5.32 Å². The van der Waals surface area contributed by atoms with Crippen LogP contribution in [-0.2, 0) is 6.54 Å². The fourth-order valence-corrected chi connectivity index (χ4v) is 4.09. The van der Waals surface area contributed by atoms with Gasteiger partial charge in [0.1, 0.15) is 0 Å². The van der Waals surface area contributed by atoms with Gasteiger partial charge in [-0.25, -0.2) is 0 Å². The number of benzene rings is 2. The van der Waals surface area contributed by atoms with E-state index >= 15 is 0 Å². The first-order valence-electron chi connectivity index (χ1n) is 6.54. The van der Waals surface area contributed by atoms with Gasteiger partial charge in [0.05, 0.1) is 0 Å². The fraction of sp³-hybridized carbons (Fsp3) is 0.0588. The van der Waals surface area contributed by atoms with Crippen LogP contribution in [0.4, 0.5) is 5.69 Å². The zero-order valence-electron chi connectivity index (χ0n) is 11.1. The lowest BCUT2D eigenvalue weighted by atomic mass is 10.1. The maximum absolute atomic E-state index is 3.57. The maximum atomic E-state index is 3.57. The van der Waals surface area contributed by atoms with Crippen molar-refractivity contribution in [1.29, 1.82) is 0 Å². The fourth-order valence-electron chi connectivity index (χ4n) is 2.07. The molecule has 3 rings (SSSR count). The smallest absolute Gasteiger partial charge is 0.0494 e. The molecule has 0 saturated carbocycles. The number of hydrogen-bond donors (Lipinski definition) is 1. The summed E-state index contributed by atoms with van der Waals surface area (Å²) in [6.07, 6.45) is 0. The molecule has 0 unspecified atom stereocenters. The van der Waals surface area contributed by atoms with E-state index in [0.717, 1.165) is 21.2 Å². The zero-order chi connectivity index (χ0) is 14.7. The molecule has 0 amide bonds. The van der Waals surface area contributed by atoms with Gasteiger partial charge in [0.2, 0.25) is 0 Å². The molecule has 0 aliphatic rings. The molecule has 0 aliphatic carbocycles. The summed E-state index contributed by atoms with van der Waals surface area (Å²) in [6, 6.07) is 18.9. The Kier molecular flexibility index (Phi) is 4.78. The predicted molar refractivity (Wildman–Crippen MR) is 98.9 cm³/mol. The Bertz CT molecular complexity index is 738. The van der Waals surface area contributed by atoms with Gasteiger partial charge < -0.3 is 5.32 Å². The second-order valence-corrected chi connectivity index (χ2v) is 7.41. The molecule has 1 N–H and O–H groups in total. The van der Waals surface area contributed by atoms with Crippen molar-refractivity contribution in [3.05, 3.63) is 73.8 Å². The monoisotopic (exact) mass is 421 g/mol. The molecule has 1 nitrogen and oxygen atoms in total. The lowest BCUT2D eigenvalue weighted by Crippen LogP contribution is -1.97. The molecule has 3 aromatic rings. The number of hydrogen-bond acceptors (Lipinski definition) is 2. The lowest BCUT2D eigenvalue weighted by molar-refractivity contribution is 1.19. The second-order valence-electron chi connectivity index (χ2n) is 4.65. The van der Waals surface area contributed by atoms with Crippen molar-refractivity contribution in [1.82, 2.24) is 0 Å². The summed E-state index contributed by atoms with van der Waals surface area (Å²) in [6.45, 7) is 0.831. The van der Waals surface area contributed by atoms with E-state index < -0.39 is 0 Å². The minimum Gasteiger partial charge on any atom is -0.379 e. The molecule has 0 saturated heterocycles. The topological polar surface area (TPSA) is 12.0 Å². The summed E-state index contributed by atoms with van der Waals surface area (Å²) in [4.78, 5) is 1.32. The minimum atomic E-state index is 0.831. The zero-order valence-corrected chi connectivity index (χ0v) is 15.1. The second kappa shape index (κ2) is 6.77. The number of thiophene rings is 1. The largest absolute Gasteiger partial charge is 0.379 e. The van der Waals surface area contributed by atoms with Crippen LogP contribution in [0.3, 0.4) is 0 Å². The Morgan fingerprint density at radius 3 is 2.48 bits per heavy atom. The lowest BCUT2D eigenvalue weighted by Gasteiger charge is -2.07. The Balaban J connectivity index is 1.70. The van der Waals surface area contributed by atoms with Crippen molar-refractivity contribution < 1.29 is 0 Å². The molecule has 4 heteroatoms. The summed E-state index contributed by atoms with van der Waals surface area (Å²) >= 11 is 8.82. The molecule has 0 radical (unpaired) electrons. The molecule has 0 aliphatic heterocycles. The molecule has 0 fully saturated rings. The summed E-state index contributed by atoms with van der Waals surface area (Å²) in [7, 11) is 0. The first-order chi connectivity index (χ1) is 10.2. The summed E-state index contributed by atoms with van der Waals surface area (Å²) in [5.41, 5.74) is 3.66. The van der Waals surface area contributed by atoms with Gasteiger partial charge >= 0.3 is 0 Å². The van der Waals surface area contributed by atoms with Crippen LogP contribution in [0.25, 0.3) is 11.1 Å². The van der Waals surface area contributed by atoms with Gasteiger partial charge in [-0.15, -0.1) is 11.3 Å². The average Bonchev–Trinajstić information content (AvgIpc) is 2.96. The molecular formula is C17H13Br2NS. The number of nitrogens with one attached hydrogen (secondary N) is 1. The van der Waals surface area contributed by atoms with Gasteiger partial charge in [0.25, 0.3) is 0 Å². The van der Waals surface area contributed by atoms with Gasteiger partial charge in [0.15, 0.2) is 0 Å². The Morgan fingerprint density at radius 2 is 1.71 bits per heavy atom. The minimum absolute atomic E-state index is 0.831. The van der Waals surface area contributed by atoms with E-state index in [1.54, 1.807) is 11.3 Å². The van der Waals surface area contributed by atoms with Crippen LogP contribution >= 0.6 is 43.2 Å². The van der Waals surface area contributed by atoms with Gasteiger partial charge in [-0.05, 0) is 56.7 Å². The molecular weight excluding hydrogens is 410 g/mol. The van der Waals surface area contributed by atoms with E-state index in [2.05, 4.69) is 79.0 Å². The van der Waals surface area contributed by atoms with Crippen LogP contribution in [0.5, 0.6) is 0 Å². The third kappa shape index (κ3) is 3.76. The van der Waals surface area contributed by atoms with Gasteiger partial charge in [-0.1, -0.05) is 46.3 Å². The highest BCUT2D eigenvalue weighted by Gasteiger charge is 2.04. The summed E-state index contributed by atoms with van der Waals surface area (Å²) < 4.78 is 2.14. The van der Waals surface area contributed by atoms with Crippen LogP contribution in [0.1, 0.15) is 4.88 Å². The third-order valence-corrected chi connectivity index (χ3v) is 5.23. The highest BCUT2D eigenvalue weighted by Crippen LogP contribution is 2.29. The van der Waals surface area contributed by atoms with Crippen LogP contribution in [-0.4, -0.2) is 0 Å². The Morgan fingerprint density at radius 1 is 0.905 bits per heavy atom. The van der Waals surface area contributed by atoms with Crippen molar-refractivity contribution in [3.63, 3.8) is 0 Å². The molecule has 1 aromatic heterocycles. The quantitative estimate of drug-likeness (QED) is 0.502. The van der Waals surface area contributed by atoms with Crippen molar-refractivity contribution in [2.45, 2.75) is 6.54 Å². The van der Waals surface area contributed by atoms with Gasteiger partial charge in [0, 0.05) is 26.1 Å². The van der Waals surface area contributed by atoms with Crippen LogP contribution in [0, 0.1) is 0 Å². The SMILES string of the molecule is Brc1ccc(NCc2cc(-c3ccccc3)cs2)c(Br)c1.